The van der Waals surface area contributed by atoms with Gasteiger partial charge in [0.15, 0.2) is 0 Å². The molecule has 0 bridgehead atoms. The van der Waals surface area contributed by atoms with Gasteiger partial charge in [-0.05, 0) is 31.4 Å². The van der Waals surface area contributed by atoms with Crippen LogP contribution >= 0.6 is 22.9 Å². The van der Waals surface area contributed by atoms with Crippen LogP contribution in [-0.2, 0) is 6.54 Å². The van der Waals surface area contributed by atoms with Crippen molar-refractivity contribution in [1.82, 2.24) is 4.98 Å². The highest BCUT2D eigenvalue weighted by molar-refractivity contribution is 7.15. The Morgan fingerprint density at radius 1 is 1.20 bits per heavy atom. The molecule has 1 aliphatic heterocycles. The average molecular weight is 308 g/mol. The maximum Gasteiger partial charge on any atom is 0.113 e. The number of aromatic nitrogens is 1. The normalized spacial score (nSPS) is 15.3. The lowest BCUT2D eigenvalue weighted by molar-refractivity contribution is 0.578. The van der Waals surface area contributed by atoms with Crippen molar-refractivity contribution in [2.75, 3.05) is 23.3 Å². The highest BCUT2D eigenvalue weighted by atomic mass is 35.5. The van der Waals surface area contributed by atoms with Crippen molar-refractivity contribution < 1.29 is 0 Å². The Balaban J connectivity index is 1.72. The van der Waals surface area contributed by atoms with Gasteiger partial charge in [0.1, 0.15) is 9.34 Å². The smallest absolute Gasteiger partial charge is 0.113 e. The fraction of sp³-hybridized carbons (Fsp3) is 0.400. The molecule has 0 radical (unpaired) electrons. The first kappa shape index (κ1) is 13.7. The molecule has 1 aromatic heterocycles. The fourth-order valence-electron chi connectivity index (χ4n) is 2.57. The Hall–Kier alpha value is -1.26. The van der Waals surface area contributed by atoms with E-state index in [2.05, 4.69) is 39.5 Å². The summed E-state index contributed by atoms with van der Waals surface area (Å²) in [5.74, 6) is 0. The molecule has 5 heteroatoms. The minimum absolute atomic E-state index is 0.724. The molecule has 0 saturated carbocycles. The number of nitrogens with one attached hydrogen (secondary N) is 1. The van der Waals surface area contributed by atoms with Gasteiger partial charge in [-0.15, -0.1) is 11.3 Å². The molecule has 106 valence electrons. The average Bonchev–Trinajstić information content (AvgIpc) is 2.92. The van der Waals surface area contributed by atoms with Gasteiger partial charge in [0.25, 0.3) is 0 Å². The van der Waals surface area contributed by atoms with Gasteiger partial charge < -0.3 is 10.2 Å². The largest absolute Gasteiger partial charge is 0.377 e. The van der Waals surface area contributed by atoms with Gasteiger partial charge in [0.05, 0.1) is 24.1 Å². The number of rotatable bonds is 4. The number of halogens is 1. The maximum absolute atomic E-state index is 5.92. The molecule has 0 amide bonds. The minimum atomic E-state index is 0.724. The van der Waals surface area contributed by atoms with Crippen LogP contribution in [0.2, 0.25) is 4.34 Å². The third kappa shape index (κ3) is 3.25. The summed E-state index contributed by atoms with van der Waals surface area (Å²) in [6.45, 7) is 3.03. The van der Waals surface area contributed by atoms with Gasteiger partial charge in [-0.3, -0.25) is 0 Å². The Morgan fingerprint density at radius 2 is 2.00 bits per heavy atom. The van der Waals surface area contributed by atoms with Crippen molar-refractivity contribution >= 4 is 34.3 Å². The van der Waals surface area contributed by atoms with Crippen LogP contribution < -0.4 is 10.2 Å². The summed E-state index contributed by atoms with van der Waals surface area (Å²) in [5, 5.41) is 4.50. The molecule has 3 nitrogen and oxygen atoms in total. The first-order valence-corrected chi connectivity index (χ1v) is 8.20. The zero-order valence-electron chi connectivity index (χ0n) is 11.3. The standard InChI is InChI=1S/C15H18ClN3S/c16-14-10-18-15(20-14)11-17-12-6-2-3-7-13(12)19-8-4-1-5-9-19/h2-3,6-7,10,17H,1,4-5,8-9,11H2. The first-order valence-electron chi connectivity index (χ1n) is 7.01. The van der Waals surface area contributed by atoms with E-state index in [0.29, 0.717) is 0 Å². The number of piperidine rings is 1. The summed E-state index contributed by atoms with van der Waals surface area (Å²) < 4.78 is 0.742. The molecule has 2 heterocycles. The summed E-state index contributed by atoms with van der Waals surface area (Å²) in [4.78, 5) is 6.76. The number of hydrogen-bond donors (Lipinski definition) is 1. The topological polar surface area (TPSA) is 28.2 Å². The number of benzene rings is 1. The molecule has 1 aromatic carbocycles. The van der Waals surface area contributed by atoms with E-state index < -0.39 is 0 Å². The predicted octanol–water partition coefficient (Wildman–Crippen LogP) is 4.40. The molecule has 0 aliphatic carbocycles. The third-order valence-electron chi connectivity index (χ3n) is 3.56. The second-order valence-corrected chi connectivity index (χ2v) is 6.72. The molecule has 1 aliphatic rings. The van der Waals surface area contributed by atoms with Crippen molar-refractivity contribution in [3.05, 3.63) is 39.8 Å². The van der Waals surface area contributed by atoms with E-state index in [1.54, 1.807) is 6.20 Å². The van der Waals surface area contributed by atoms with Crippen LogP contribution in [0, 0.1) is 0 Å². The number of hydrogen-bond acceptors (Lipinski definition) is 4. The molecular formula is C15H18ClN3S. The van der Waals surface area contributed by atoms with E-state index >= 15 is 0 Å². The van der Waals surface area contributed by atoms with Crippen LogP contribution in [0.15, 0.2) is 30.5 Å². The van der Waals surface area contributed by atoms with Crippen molar-refractivity contribution in [2.24, 2.45) is 0 Å². The van der Waals surface area contributed by atoms with Crippen LogP contribution in [0.1, 0.15) is 24.3 Å². The van der Waals surface area contributed by atoms with Crippen molar-refractivity contribution in [1.29, 1.82) is 0 Å². The van der Waals surface area contributed by atoms with Crippen LogP contribution in [0.4, 0.5) is 11.4 Å². The minimum Gasteiger partial charge on any atom is -0.377 e. The molecular weight excluding hydrogens is 290 g/mol. The monoisotopic (exact) mass is 307 g/mol. The van der Waals surface area contributed by atoms with Gasteiger partial charge >= 0.3 is 0 Å². The molecule has 0 unspecified atom stereocenters. The lowest BCUT2D eigenvalue weighted by atomic mass is 10.1. The van der Waals surface area contributed by atoms with Crippen LogP contribution in [0.5, 0.6) is 0 Å². The van der Waals surface area contributed by atoms with Crippen LogP contribution in [0.25, 0.3) is 0 Å². The van der Waals surface area contributed by atoms with Crippen LogP contribution in [-0.4, -0.2) is 18.1 Å². The van der Waals surface area contributed by atoms with Crippen LogP contribution in [0.3, 0.4) is 0 Å². The van der Waals surface area contributed by atoms with E-state index in [9.17, 15) is 0 Å². The van der Waals surface area contributed by atoms with Crippen molar-refractivity contribution in [3.63, 3.8) is 0 Å². The summed E-state index contributed by atoms with van der Waals surface area (Å²) in [5.41, 5.74) is 2.48. The first-order chi connectivity index (χ1) is 9.83. The van der Waals surface area contributed by atoms with E-state index in [4.69, 9.17) is 11.6 Å². The third-order valence-corrected chi connectivity index (χ3v) is 4.67. The Morgan fingerprint density at radius 3 is 2.75 bits per heavy atom. The molecule has 1 N–H and O–H groups in total. The number of thiazole rings is 1. The lowest BCUT2D eigenvalue weighted by Crippen LogP contribution is -2.30. The summed E-state index contributed by atoms with van der Waals surface area (Å²) in [6.07, 6.45) is 5.64. The Labute approximate surface area is 128 Å². The number of para-hydroxylation sites is 2. The predicted molar refractivity (Wildman–Crippen MR) is 87.0 cm³/mol. The van der Waals surface area contributed by atoms with Gasteiger partial charge in [0.2, 0.25) is 0 Å². The highest BCUT2D eigenvalue weighted by Gasteiger charge is 2.14. The maximum atomic E-state index is 5.92. The molecule has 1 saturated heterocycles. The molecule has 1 fully saturated rings. The lowest BCUT2D eigenvalue weighted by Gasteiger charge is -2.30. The SMILES string of the molecule is Clc1cnc(CNc2ccccc2N2CCCCC2)s1. The zero-order valence-corrected chi connectivity index (χ0v) is 12.9. The van der Waals surface area contributed by atoms with E-state index in [1.165, 1.54) is 42.0 Å². The molecule has 0 spiro atoms. The summed E-state index contributed by atoms with van der Waals surface area (Å²) >= 11 is 7.44. The molecule has 3 rings (SSSR count). The molecule has 0 atom stereocenters. The van der Waals surface area contributed by atoms with Gasteiger partial charge in [-0.25, -0.2) is 4.98 Å². The van der Waals surface area contributed by atoms with Gasteiger partial charge in [-0.2, -0.15) is 0 Å². The second kappa shape index (κ2) is 6.46. The molecule has 20 heavy (non-hydrogen) atoms. The summed E-state index contributed by atoms with van der Waals surface area (Å²) in [6, 6.07) is 8.52. The number of anilines is 2. The van der Waals surface area contributed by atoms with E-state index in [0.717, 1.165) is 29.0 Å². The van der Waals surface area contributed by atoms with Crippen molar-refractivity contribution in [3.8, 4) is 0 Å². The second-order valence-electron chi connectivity index (χ2n) is 4.98. The summed E-state index contributed by atoms with van der Waals surface area (Å²) in [7, 11) is 0. The number of nitrogens with zero attached hydrogens (tertiary/aromatic N) is 2. The van der Waals surface area contributed by atoms with Gasteiger partial charge in [-0.1, -0.05) is 23.7 Å². The van der Waals surface area contributed by atoms with E-state index in [-0.39, 0.29) is 0 Å². The molecule has 2 aromatic rings. The van der Waals surface area contributed by atoms with E-state index in [1.807, 2.05) is 0 Å². The quantitative estimate of drug-likeness (QED) is 0.907. The Kier molecular flexibility index (Phi) is 4.43. The van der Waals surface area contributed by atoms with Gasteiger partial charge in [0, 0.05) is 13.1 Å². The fourth-order valence-corrected chi connectivity index (χ4v) is 3.47. The highest BCUT2D eigenvalue weighted by Crippen LogP contribution is 2.29. The Bertz CT molecular complexity index is 564. The zero-order chi connectivity index (χ0) is 13.8. The van der Waals surface area contributed by atoms with Crippen molar-refractivity contribution in [2.45, 2.75) is 25.8 Å².